The van der Waals surface area contributed by atoms with Gasteiger partial charge in [-0.05, 0) is 63.2 Å². The van der Waals surface area contributed by atoms with Crippen LogP contribution in [0.5, 0.6) is 11.5 Å². The Bertz CT molecular complexity index is 1100. The number of aromatic nitrogens is 1. The molecule has 1 aliphatic rings. The maximum atomic E-state index is 13.3. The van der Waals surface area contributed by atoms with Crippen LogP contribution < -0.4 is 14.3 Å². The predicted molar refractivity (Wildman–Crippen MR) is 109 cm³/mol. The Labute approximate surface area is 166 Å². The summed E-state index contributed by atoms with van der Waals surface area (Å²) in [5.74, 6) is 1.19. The maximum absolute atomic E-state index is 13.3. The predicted octanol–water partition coefficient (Wildman–Crippen LogP) is 4.67. The second-order valence-corrected chi connectivity index (χ2v) is 7.54. The molecule has 1 aliphatic heterocycles. The van der Waals surface area contributed by atoms with Crippen LogP contribution >= 0.6 is 11.3 Å². The summed E-state index contributed by atoms with van der Waals surface area (Å²) in [7, 11) is 0. The Hall–Kier alpha value is -2.93. The van der Waals surface area contributed by atoms with E-state index in [4.69, 9.17) is 14.6 Å². The van der Waals surface area contributed by atoms with Gasteiger partial charge >= 0.3 is 0 Å². The van der Waals surface area contributed by atoms with Crippen LogP contribution in [-0.2, 0) is 0 Å². The molecule has 5 nitrogen and oxygen atoms in total. The zero-order valence-electron chi connectivity index (χ0n) is 15.8. The van der Waals surface area contributed by atoms with Crippen molar-refractivity contribution in [2.75, 3.05) is 6.79 Å². The standard InChI is InChI=1S/C21H20FN3O2S/c1-13(2)23-21-25(18(11-28-21)15-4-7-17(22)8-5-15)24-14(3)16-6-9-19-20(10-16)27-12-26-19/h4-11,13H,12H2,1-3H3. The van der Waals surface area contributed by atoms with Crippen molar-refractivity contribution in [1.29, 1.82) is 0 Å². The topological polar surface area (TPSA) is 48.1 Å². The van der Waals surface area contributed by atoms with Crippen LogP contribution in [0.15, 0.2) is 57.9 Å². The lowest BCUT2D eigenvalue weighted by Crippen LogP contribution is -2.16. The molecule has 0 atom stereocenters. The number of rotatable bonds is 4. The van der Waals surface area contributed by atoms with E-state index in [0.717, 1.165) is 33.1 Å². The van der Waals surface area contributed by atoms with Gasteiger partial charge < -0.3 is 9.47 Å². The van der Waals surface area contributed by atoms with Gasteiger partial charge in [-0.2, -0.15) is 5.10 Å². The summed E-state index contributed by atoms with van der Waals surface area (Å²) in [4.78, 5) is 5.47. The number of thiazole rings is 1. The molecule has 0 spiro atoms. The van der Waals surface area contributed by atoms with Gasteiger partial charge in [0.05, 0.1) is 11.4 Å². The second kappa shape index (κ2) is 7.59. The quantitative estimate of drug-likeness (QED) is 0.601. The van der Waals surface area contributed by atoms with E-state index in [9.17, 15) is 4.39 Å². The Morgan fingerprint density at radius 1 is 1.11 bits per heavy atom. The fourth-order valence-corrected chi connectivity index (χ4v) is 3.82. The summed E-state index contributed by atoms with van der Waals surface area (Å²) in [6.07, 6.45) is 0. The number of nitrogens with zero attached hydrogens (tertiary/aromatic N) is 3. The van der Waals surface area contributed by atoms with Crippen LogP contribution in [0.1, 0.15) is 26.3 Å². The highest BCUT2D eigenvalue weighted by Gasteiger charge is 2.15. The lowest BCUT2D eigenvalue weighted by atomic mass is 10.1. The molecule has 0 unspecified atom stereocenters. The first-order valence-corrected chi connectivity index (χ1v) is 9.85. The highest BCUT2D eigenvalue weighted by molar-refractivity contribution is 7.07. The molecular formula is C21H20FN3O2S. The molecule has 0 saturated carbocycles. The molecule has 3 aromatic rings. The van der Waals surface area contributed by atoms with E-state index in [1.54, 1.807) is 12.1 Å². The number of benzene rings is 2. The van der Waals surface area contributed by atoms with Gasteiger partial charge in [-0.25, -0.2) is 9.07 Å². The van der Waals surface area contributed by atoms with Gasteiger partial charge in [0.2, 0.25) is 11.6 Å². The molecule has 0 fully saturated rings. The van der Waals surface area contributed by atoms with E-state index in [2.05, 4.69) is 4.99 Å². The van der Waals surface area contributed by atoms with Crippen LogP contribution in [0.25, 0.3) is 11.3 Å². The van der Waals surface area contributed by atoms with Crippen LogP contribution in [0.2, 0.25) is 0 Å². The first kappa shape index (κ1) is 18.4. The maximum Gasteiger partial charge on any atom is 0.231 e. The first-order chi connectivity index (χ1) is 13.5. The monoisotopic (exact) mass is 397 g/mol. The molecule has 0 N–H and O–H groups in total. The molecule has 4 rings (SSSR count). The van der Waals surface area contributed by atoms with Gasteiger partial charge in [-0.1, -0.05) is 0 Å². The van der Waals surface area contributed by atoms with E-state index in [0.29, 0.717) is 5.75 Å². The van der Waals surface area contributed by atoms with Gasteiger partial charge in [0.1, 0.15) is 5.82 Å². The normalized spacial score (nSPS) is 14.2. The van der Waals surface area contributed by atoms with Crippen molar-refractivity contribution in [2.24, 2.45) is 10.1 Å². The van der Waals surface area contributed by atoms with Crippen molar-refractivity contribution in [1.82, 2.24) is 4.68 Å². The molecule has 0 bridgehead atoms. The molecule has 28 heavy (non-hydrogen) atoms. The zero-order valence-corrected chi connectivity index (χ0v) is 16.7. The molecule has 2 aromatic carbocycles. The highest BCUT2D eigenvalue weighted by Crippen LogP contribution is 2.32. The lowest BCUT2D eigenvalue weighted by Gasteiger charge is -2.07. The second-order valence-electron chi connectivity index (χ2n) is 6.70. The molecular weight excluding hydrogens is 377 g/mol. The summed E-state index contributed by atoms with van der Waals surface area (Å²) < 4.78 is 26.0. The van der Waals surface area contributed by atoms with Crippen molar-refractivity contribution < 1.29 is 13.9 Å². The van der Waals surface area contributed by atoms with Gasteiger partial charge in [-0.15, -0.1) is 11.3 Å². The Kier molecular flexibility index (Phi) is 5.00. The van der Waals surface area contributed by atoms with Crippen molar-refractivity contribution >= 4 is 17.0 Å². The first-order valence-electron chi connectivity index (χ1n) is 8.97. The zero-order chi connectivity index (χ0) is 19.7. The van der Waals surface area contributed by atoms with Gasteiger partial charge in [0, 0.05) is 22.5 Å². The van der Waals surface area contributed by atoms with Crippen molar-refractivity contribution in [2.45, 2.75) is 26.8 Å². The summed E-state index contributed by atoms with van der Waals surface area (Å²) in [6, 6.07) is 12.3. The van der Waals surface area contributed by atoms with Crippen LogP contribution in [0.4, 0.5) is 4.39 Å². The minimum Gasteiger partial charge on any atom is -0.454 e. The van der Waals surface area contributed by atoms with Crippen LogP contribution in [0, 0.1) is 5.82 Å². The van der Waals surface area contributed by atoms with Gasteiger partial charge in [0.15, 0.2) is 11.5 Å². The largest absolute Gasteiger partial charge is 0.454 e. The number of ether oxygens (including phenoxy) is 2. The Balaban J connectivity index is 1.82. The third-order valence-electron chi connectivity index (χ3n) is 4.23. The van der Waals surface area contributed by atoms with Crippen LogP contribution in [-0.4, -0.2) is 23.2 Å². The van der Waals surface area contributed by atoms with Gasteiger partial charge in [0.25, 0.3) is 0 Å². The molecule has 0 aliphatic carbocycles. The molecule has 0 radical (unpaired) electrons. The van der Waals surface area contributed by atoms with Crippen molar-refractivity contribution in [3.63, 3.8) is 0 Å². The molecule has 0 amide bonds. The highest BCUT2D eigenvalue weighted by atomic mass is 32.1. The van der Waals surface area contributed by atoms with Crippen molar-refractivity contribution in [3.05, 3.63) is 64.0 Å². The van der Waals surface area contributed by atoms with E-state index < -0.39 is 0 Å². The smallest absolute Gasteiger partial charge is 0.231 e. The SMILES string of the molecule is CC(=Nn1c(-c2ccc(F)cc2)csc1=NC(C)C)c1ccc2c(c1)OCO2. The summed E-state index contributed by atoms with van der Waals surface area (Å²) in [6.45, 7) is 6.22. The third kappa shape index (κ3) is 3.71. The fourth-order valence-electron chi connectivity index (χ4n) is 2.85. The third-order valence-corrected chi connectivity index (χ3v) is 5.06. The molecule has 1 aromatic heterocycles. The van der Waals surface area contributed by atoms with E-state index >= 15 is 0 Å². The van der Waals surface area contributed by atoms with E-state index in [1.165, 1.54) is 23.5 Å². The van der Waals surface area contributed by atoms with E-state index in [-0.39, 0.29) is 18.7 Å². The Morgan fingerprint density at radius 3 is 2.61 bits per heavy atom. The fraction of sp³-hybridized carbons (Fsp3) is 0.238. The summed E-state index contributed by atoms with van der Waals surface area (Å²) >= 11 is 1.51. The number of halogens is 1. The molecule has 144 valence electrons. The van der Waals surface area contributed by atoms with Crippen LogP contribution in [0.3, 0.4) is 0 Å². The number of hydrogen-bond acceptors (Lipinski definition) is 5. The lowest BCUT2D eigenvalue weighted by molar-refractivity contribution is 0.174. The average molecular weight is 397 g/mol. The Morgan fingerprint density at radius 2 is 1.86 bits per heavy atom. The number of fused-ring (bicyclic) bond motifs is 1. The summed E-state index contributed by atoms with van der Waals surface area (Å²) in [5, 5.41) is 6.82. The van der Waals surface area contributed by atoms with Crippen molar-refractivity contribution in [3.8, 4) is 22.8 Å². The minimum atomic E-state index is -0.266. The summed E-state index contributed by atoms with van der Waals surface area (Å²) in [5.41, 5.74) is 3.49. The minimum absolute atomic E-state index is 0.131. The van der Waals surface area contributed by atoms with Gasteiger partial charge in [-0.3, -0.25) is 4.99 Å². The molecule has 2 heterocycles. The van der Waals surface area contributed by atoms with E-state index in [1.807, 2.05) is 49.0 Å². The molecule has 7 heteroatoms. The molecule has 0 saturated heterocycles. The number of hydrogen-bond donors (Lipinski definition) is 0. The average Bonchev–Trinajstić information content (AvgIpc) is 3.29.